The fourth-order valence-corrected chi connectivity index (χ4v) is 2.79. The quantitative estimate of drug-likeness (QED) is 0.213. The van der Waals surface area contributed by atoms with Crippen LogP contribution in [0.4, 0.5) is 17.6 Å². The van der Waals surface area contributed by atoms with Gasteiger partial charge in [-0.3, -0.25) is 14.9 Å². The van der Waals surface area contributed by atoms with Crippen LogP contribution >= 0.6 is 11.6 Å². The zero-order valence-electron chi connectivity index (χ0n) is 14.5. The van der Waals surface area contributed by atoms with Crippen LogP contribution in [0.15, 0.2) is 42.5 Å². The van der Waals surface area contributed by atoms with Crippen molar-refractivity contribution in [3.63, 3.8) is 0 Å². The van der Waals surface area contributed by atoms with Crippen LogP contribution in [-0.4, -0.2) is 22.1 Å². The predicted octanol–water partition coefficient (Wildman–Crippen LogP) is 3.78. The highest BCUT2D eigenvalue weighted by Gasteiger charge is 2.31. The van der Waals surface area contributed by atoms with E-state index >= 15 is 0 Å². The molecule has 0 bridgehead atoms. The van der Waals surface area contributed by atoms with E-state index in [1.807, 2.05) is 5.43 Å². The molecule has 1 heterocycles. The number of hydrazine groups is 1. The number of rotatable bonds is 5. The molecule has 0 radical (unpaired) electrons. The average Bonchev–Trinajstić information content (AvgIpc) is 2.97. The summed E-state index contributed by atoms with van der Waals surface area (Å²) < 4.78 is 57.1. The van der Waals surface area contributed by atoms with Crippen molar-refractivity contribution in [1.29, 1.82) is 0 Å². The van der Waals surface area contributed by atoms with E-state index in [4.69, 9.17) is 17.4 Å². The van der Waals surface area contributed by atoms with E-state index in [1.54, 1.807) is 0 Å². The van der Waals surface area contributed by atoms with Crippen molar-refractivity contribution in [3.05, 3.63) is 64.6 Å². The van der Waals surface area contributed by atoms with E-state index in [1.165, 1.54) is 29.0 Å². The van der Waals surface area contributed by atoms with Crippen molar-refractivity contribution < 1.29 is 27.1 Å². The molecule has 3 aromatic rings. The molecule has 152 valence electrons. The molecule has 0 saturated carbocycles. The first-order chi connectivity index (χ1) is 13.7. The zero-order valence-corrected chi connectivity index (χ0v) is 15.3. The van der Waals surface area contributed by atoms with Gasteiger partial charge < -0.3 is 4.74 Å². The van der Waals surface area contributed by atoms with Gasteiger partial charge in [-0.25, -0.2) is 10.2 Å². The highest BCUT2D eigenvalue weighted by atomic mass is 35.5. The van der Waals surface area contributed by atoms with Crippen LogP contribution in [0.3, 0.4) is 0 Å². The van der Waals surface area contributed by atoms with Crippen LogP contribution in [0.2, 0.25) is 5.02 Å². The summed E-state index contributed by atoms with van der Waals surface area (Å²) in [5.74, 6) is 3.35. The summed E-state index contributed by atoms with van der Waals surface area (Å²) in [7, 11) is 0. The number of alkyl halides is 3. The number of nitrogens with zero attached hydrogens (tertiary/aromatic N) is 2. The fraction of sp³-hybridized carbons (Fsp3) is 0.111. The molecule has 0 saturated heterocycles. The van der Waals surface area contributed by atoms with Crippen molar-refractivity contribution in [2.45, 2.75) is 12.9 Å². The molecule has 0 atom stereocenters. The number of halogens is 5. The second-order valence-electron chi connectivity index (χ2n) is 5.85. The van der Waals surface area contributed by atoms with E-state index in [0.717, 1.165) is 24.3 Å². The molecule has 6 nitrogen and oxygen atoms in total. The Kier molecular flexibility index (Phi) is 5.76. The average molecular weight is 429 g/mol. The van der Waals surface area contributed by atoms with Gasteiger partial charge in [-0.15, -0.1) is 13.2 Å². The van der Waals surface area contributed by atoms with E-state index in [-0.39, 0.29) is 28.3 Å². The Bertz CT molecular complexity index is 1100. The maximum absolute atomic E-state index is 14.2. The molecule has 0 spiro atoms. The van der Waals surface area contributed by atoms with Gasteiger partial charge in [0.15, 0.2) is 0 Å². The number of fused-ring (bicyclic) bond motifs is 1. The summed E-state index contributed by atoms with van der Waals surface area (Å²) in [4.78, 5) is 11.3. The highest BCUT2D eigenvalue weighted by molar-refractivity contribution is 6.30. The number of amides is 1. The largest absolute Gasteiger partial charge is 0.573 e. The fourth-order valence-electron chi connectivity index (χ4n) is 2.63. The molecule has 1 aromatic heterocycles. The van der Waals surface area contributed by atoms with Crippen LogP contribution in [0.1, 0.15) is 11.3 Å². The molecule has 3 rings (SSSR count). The first-order valence-corrected chi connectivity index (χ1v) is 8.43. The lowest BCUT2D eigenvalue weighted by Crippen LogP contribution is -2.27. The molecule has 0 unspecified atom stereocenters. The highest BCUT2D eigenvalue weighted by Crippen LogP contribution is 2.29. The number of benzene rings is 2. The Morgan fingerprint density at radius 3 is 2.69 bits per heavy atom. The standard InChI is InChI=1S/C18H13ClF4N4O2/c19-11-2-1-10(14(20)7-11)9-27-16-8-12(29-18(21,22)23)3-4-13(16)15(26-27)5-6-17(28)25-24/h1-8H,9,24H2,(H,25,28)/b6-5+. The summed E-state index contributed by atoms with van der Waals surface area (Å²) in [6.07, 6.45) is -2.43. The number of nitrogens with one attached hydrogen (secondary N) is 1. The summed E-state index contributed by atoms with van der Waals surface area (Å²) in [5, 5.41) is 4.89. The van der Waals surface area contributed by atoms with E-state index in [9.17, 15) is 22.4 Å². The van der Waals surface area contributed by atoms with Crippen LogP contribution < -0.4 is 16.0 Å². The van der Waals surface area contributed by atoms with Crippen molar-refractivity contribution >= 4 is 34.5 Å². The molecule has 2 aromatic carbocycles. The Morgan fingerprint density at radius 2 is 2.03 bits per heavy atom. The van der Waals surface area contributed by atoms with Gasteiger partial charge in [-0.2, -0.15) is 5.10 Å². The molecule has 11 heteroatoms. The maximum atomic E-state index is 14.2. The van der Waals surface area contributed by atoms with Gasteiger partial charge in [-0.1, -0.05) is 17.7 Å². The lowest BCUT2D eigenvalue weighted by Gasteiger charge is -2.10. The van der Waals surface area contributed by atoms with E-state index < -0.39 is 23.8 Å². The first-order valence-electron chi connectivity index (χ1n) is 8.05. The molecule has 0 aliphatic heterocycles. The van der Waals surface area contributed by atoms with E-state index in [2.05, 4.69) is 9.84 Å². The normalized spacial score (nSPS) is 11.9. The number of aromatic nitrogens is 2. The molecule has 0 aliphatic rings. The number of nitrogens with two attached hydrogens (primary N) is 1. The molecule has 3 N–H and O–H groups in total. The molecule has 0 fully saturated rings. The number of hydrogen-bond acceptors (Lipinski definition) is 4. The van der Waals surface area contributed by atoms with E-state index in [0.29, 0.717) is 5.39 Å². The SMILES string of the molecule is NNC(=O)/C=C/c1nn(Cc2ccc(Cl)cc2F)c2cc(OC(F)(F)F)ccc12. The summed E-state index contributed by atoms with van der Waals surface area (Å²) in [5.41, 5.74) is 2.65. The Balaban J connectivity index is 2.08. The topological polar surface area (TPSA) is 82.2 Å². The van der Waals surface area contributed by atoms with Gasteiger partial charge in [0.05, 0.1) is 17.8 Å². The zero-order chi connectivity index (χ0) is 21.2. The van der Waals surface area contributed by atoms with Crippen LogP contribution in [0.25, 0.3) is 17.0 Å². The summed E-state index contributed by atoms with van der Waals surface area (Å²) in [6, 6.07) is 7.65. The lowest BCUT2D eigenvalue weighted by molar-refractivity contribution is -0.274. The third-order valence-corrected chi connectivity index (χ3v) is 4.09. The Hall–Kier alpha value is -3.11. The van der Waals surface area contributed by atoms with Crippen molar-refractivity contribution in [2.24, 2.45) is 5.84 Å². The van der Waals surface area contributed by atoms with Crippen LogP contribution in [0, 0.1) is 5.82 Å². The minimum atomic E-state index is -4.87. The number of carbonyl (C=O) groups is 1. The Labute approximate surface area is 166 Å². The maximum Gasteiger partial charge on any atom is 0.573 e. The summed E-state index contributed by atoms with van der Waals surface area (Å²) in [6.45, 7) is -0.0914. The minimum absolute atomic E-state index is 0.0914. The summed E-state index contributed by atoms with van der Waals surface area (Å²) >= 11 is 5.74. The monoisotopic (exact) mass is 428 g/mol. The van der Waals surface area contributed by atoms with Gasteiger partial charge in [0, 0.05) is 28.1 Å². The van der Waals surface area contributed by atoms with Crippen molar-refractivity contribution in [2.75, 3.05) is 0 Å². The van der Waals surface area contributed by atoms with Crippen molar-refractivity contribution in [3.8, 4) is 5.75 Å². The third kappa shape index (κ3) is 5.04. The third-order valence-electron chi connectivity index (χ3n) is 3.86. The Morgan fingerprint density at radius 1 is 1.28 bits per heavy atom. The second kappa shape index (κ2) is 8.10. The lowest BCUT2D eigenvalue weighted by atomic mass is 10.1. The first kappa shape index (κ1) is 20.6. The molecular formula is C18H13ClF4N4O2. The minimum Gasteiger partial charge on any atom is -0.406 e. The van der Waals surface area contributed by atoms with Gasteiger partial charge in [-0.05, 0) is 30.3 Å². The predicted molar refractivity (Wildman–Crippen MR) is 98.3 cm³/mol. The number of carbonyl (C=O) groups excluding carboxylic acids is 1. The molecule has 0 aliphatic carbocycles. The van der Waals surface area contributed by atoms with Gasteiger partial charge in [0.1, 0.15) is 11.6 Å². The van der Waals surface area contributed by atoms with Gasteiger partial charge in [0.2, 0.25) is 0 Å². The second-order valence-corrected chi connectivity index (χ2v) is 6.28. The molecule has 29 heavy (non-hydrogen) atoms. The van der Waals surface area contributed by atoms with Gasteiger partial charge in [0.25, 0.3) is 5.91 Å². The number of hydrogen-bond donors (Lipinski definition) is 2. The smallest absolute Gasteiger partial charge is 0.406 e. The van der Waals surface area contributed by atoms with Gasteiger partial charge >= 0.3 is 6.36 Å². The number of ether oxygens (including phenoxy) is 1. The van der Waals surface area contributed by atoms with Crippen LogP contribution in [0.5, 0.6) is 5.75 Å². The van der Waals surface area contributed by atoms with Crippen molar-refractivity contribution in [1.82, 2.24) is 15.2 Å². The van der Waals surface area contributed by atoms with Crippen LogP contribution in [-0.2, 0) is 11.3 Å². The molecular weight excluding hydrogens is 416 g/mol. The molecule has 1 amide bonds.